The average Bonchev–Trinajstić information content (AvgIpc) is 3.11. The molecule has 10 nitrogen and oxygen atoms in total. The van der Waals surface area contributed by atoms with E-state index in [0.717, 1.165) is 16.7 Å². The fraction of sp³-hybridized carbons (Fsp3) is 0.227. The van der Waals surface area contributed by atoms with Crippen LogP contribution < -0.4 is 20.1 Å². The largest absolute Gasteiger partial charge is 0.473 e. The van der Waals surface area contributed by atoms with Crippen molar-refractivity contribution in [3.8, 4) is 23.4 Å². The van der Waals surface area contributed by atoms with Crippen LogP contribution in [-0.4, -0.2) is 31.8 Å². The van der Waals surface area contributed by atoms with Crippen molar-refractivity contribution in [2.75, 3.05) is 4.90 Å². The minimum atomic E-state index is -1.20. The highest BCUT2D eigenvalue weighted by atomic mass is 19.1. The number of anilines is 1. The van der Waals surface area contributed by atoms with E-state index in [1.807, 2.05) is 6.07 Å². The smallest absolute Gasteiger partial charge is 0.413 e. The van der Waals surface area contributed by atoms with Crippen molar-refractivity contribution in [2.24, 2.45) is 0 Å². The topological polar surface area (TPSA) is 131 Å². The summed E-state index contributed by atoms with van der Waals surface area (Å²) in [5.41, 5.74) is 0.348. The van der Waals surface area contributed by atoms with E-state index in [4.69, 9.17) is 9.47 Å². The quantitative estimate of drug-likeness (QED) is 0.626. The summed E-state index contributed by atoms with van der Waals surface area (Å²) in [6.45, 7) is 3.44. The van der Waals surface area contributed by atoms with Crippen LogP contribution in [0.15, 0.2) is 41.3 Å². The summed E-state index contributed by atoms with van der Waals surface area (Å²) in [4.78, 5) is 32.7. The molecule has 1 aliphatic rings. The van der Waals surface area contributed by atoms with Crippen LogP contribution in [0.25, 0.3) is 0 Å². The summed E-state index contributed by atoms with van der Waals surface area (Å²) >= 11 is 0. The molecule has 168 valence electrons. The molecule has 0 radical (unpaired) electrons. The van der Waals surface area contributed by atoms with E-state index in [0.29, 0.717) is 5.56 Å². The van der Waals surface area contributed by atoms with Gasteiger partial charge in [0, 0.05) is 18.3 Å². The summed E-state index contributed by atoms with van der Waals surface area (Å²) in [5.74, 6) is -0.714. The van der Waals surface area contributed by atoms with Gasteiger partial charge in [0.25, 0.3) is 0 Å². The summed E-state index contributed by atoms with van der Waals surface area (Å²) < 4.78 is 27.0. The molecule has 33 heavy (non-hydrogen) atoms. The van der Waals surface area contributed by atoms with E-state index in [-0.39, 0.29) is 41.9 Å². The summed E-state index contributed by atoms with van der Waals surface area (Å²) in [7, 11) is 0. The number of rotatable bonds is 5. The number of ether oxygens (including phenoxy) is 2. The zero-order chi connectivity index (χ0) is 23.7. The van der Waals surface area contributed by atoms with Gasteiger partial charge in [-0.3, -0.25) is 14.5 Å². The number of nitriles is 1. The Kier molecular flexibility index (Phi) is 5.66. The van der Waals surface area contributed by atoms with Gasteiger partial charge < -0.3 is 14.6 Å². The van der Waals surface area contributed by atoms with Gasteiger partial charge in [-0.05, 0) is 43.7 Å². The highest BCUT2D eigenvalue weighted by Gasteiger charge is 2.32. The van der Waals surface area contributed by atoms with Gasteiger partial charge >= 0.3 is 11.8 Å². The number of aryl methyl sites for hydroxylation is 1. The number of carboxylic acid groups (broad SMARTS) is 1. The molecule has 1 N–H and O–H groups in total. The summed E-state index contributed by atoms with van der Waals surface area (Å²) in [6, 6.07) is 8.63. The molecule has 0 saturated carbocycles. The number of aromatic nitrogens is 3. The number of fused-ring (bicyclic) bond motifs is 1. The second-order valence-corrected chi connectivity index (χ2v) is 7.44. The van der Waals surface area contributed by atoms with Crippen LogP contribution in [0.2, 0.25) is 0 Å². The van der Waals surface area contributed by atoms with Crippen LogP contribution in [-0.2, 0) is 13.2 Å². The van der Waals surface area contributed by atoms with Crippen LogP contribution in [0.5, 0.6) is 17.4 Å². The lowest BCUT2D eigenvalue weighted by atomic mass is 10.1. The molecule has 3 aromatic rings. The van der Waals surface area contributed by atoms with Gasteiger partial charge in [0.15, 0.2) is 11.6 Å². The Bertz CT molecular complexity index is 1330. The first-order chi connectivity index (χ1) is 15.8. The van der Waals surface area contributed by atoms with Crippen LogP contribution in [0.1, 0.15) is 23.7 Å². The molecule has 0 spiro atoms. The molecule has 2 aromatic heterocycles. The van der Waals surface area contributed by atoms with Crippen LogP contribution >= 0.6 is 0 Å². The van der Waals surface area contributed by atoms with Gasteiger partial charge in [0.05, 0.1) is 17.8 Å². The highest BCUT2D eigenvalue weighted by Crippen LogP contribution is 2.30. The molecule has 0 saturated heterocycles. The number of hydrogen-bond acceptors (Lipinski definition) is 7. The predicted molar refractivity (Wildman–Crippen MR) is 113 cm³/mol. The lowest BCUT2D eigenvalue weighted by Gasteiger charge is -2.17. The van der Waals surface area contributed by atoms with Crippen molar-refractivity contribution in [1.82, 2.24) is 14.5 Å². The van der Waals surface area contributed by atoms with Crippen LogP contribution in [0, 0.1) is 24.1 Å². The number of amides is 1. The van der Waals surface area contributed by atoms with Crippen LogP contribution in [0.3, 0.4) is 0 Å². The molecule has 0 bridgehead atoms. The average molecular weight is 451 g/mol. The molecule has 1 aromatic carbocycles. The van der Waals surface area contributed by atoms with Crippen molar-refractivity contribution in [2.45, 2.75) is 33.0 Å². The Morgan fingerprint density at radius 1 is 1.36 bits per heavy atom. The van der Waals surface area contributed by atoms with Crippen LogP contribution in [0.4, 0.5) is 15.0 Å². The maximum atomic E-state index is 14.7. The molecule has 1 unspecified atom stereocenters. The highest BCUT2D eigenvalue weighted by molar-refractivity contribution is 5.86. The second-order valence-electron chi connectivity index (χ2n) is 7.44. The first kappa shape index (κ1) is 21.8. The molecule has 0 fully saturated rings. The standard InChI is InChI=1S/C22H18FN5O5/c1-12-3-4-16(9-25-12)33-20-15(8-24)5-14(6-17(20)23)11-32-18-7-19-27(21(29)26-18)10-13(2)28(19)22(30)31/h3-7,9,13H,10-11H2,1-2H3,(H,30,31). The first-order valence-corrected chi connectivity index (χ1v) is 9.86. The van der Waals surface area contributed by atoms with Crippen molar-refractivity contribution in [3.63, 3.8) is 0 Å². The molecule has 3 heterocycles. The van der Waals surface area contributed by atoms with Gasteiger partial charge in [-0.15, -0.1) is 0 Å². The number of nitrogens with zero attached hydrogens (tertiary/aromatic N) is 5. The summed E-state index contributed by atoms with van der Waals surface area (Å²) in [5, 5.41) is 18.9. The molecular formula is C22H18FN5O5. The third-order valence-corrected chi connectivity index (χ3v) is 5.02. The van der Waals surface area contributed by atoms with Gasteiger partial charge in [0.1, 0.15) is 24.2 Å². The van der Waals surface area contributed by atoms with Gasteiger partial charge in [0.2, 0.25) is 5.88 Å². The fourth-order valence-electron chi connectivity index (χ4n) is 3.49. The van der Waals surface area contributed by atoms with E-state index >= 15 is 0 Å². The first-order valence-electron chi connectivity index (χ1n) is 9.86. The van der Waals surface area contributed by atoms with Crippen molar-refractivity contribution in [1.29, 1.82) is 5.26 Å². The molecule has 1 aliphatic heterocycles. The zero-order valence-corrected chi connectivity index (χ0v) is 17.6. The third-order valence-electron chi connectivity index (χ3n) is 5.02. The zero-order valence-electron chi connectivity index (χ0n) is 17.6. The minimum Gasteiger partial charge on any atom is -0.473 e. The Morgan fingerprint density at radius 3 is 2.82 bits per heavy atom. The van der Waals surface area contributed by atoms with Crippen molar-refractivity contribution in [3.05, 3.63) is 69.7 Å². The number of halogens is 1. The number of benzene rings is 1. The normalized spacial score (nSPS) is 14.5. The monoisotopic (exact) mass is 451 g/mol. The van der Waals surface area contributed by atoms with E-state index < -0.39 is 23.6 Å². The second kappa shape index (κ2) is 8.58. The lowest BCUT2D eigenvalue weighted by molar-refractivity contribution is 0.200. The minimum absolute atomic E-state index is 0.0537. The number of pyridine rings is 1. The lowest BCUT2D eigenvalue weighted by Crippen LogP contribution is -2.34. The Morgan fingerprint density at radius 2 is 2.15 bits per heavy atom. The van der Waals surface area contributed by atoms with Gasteiger partial charge in [-0.2, -0.15) is 10.2 Å². The maximum Gasteiger partial charge on any atom is 0.413 e. The number of hydrogen-bond donors (Lipinski definition) is 1. The van der Waals surface area contributed by atoms with Crippen molar-refractivity contribution >= 4 is 11.9 Å². The maximum absolute atomic E-state index is 14.7. The Balaban J connectivity index is 1.56. The predicted octanol–water partition coefficient (Wildman–Crippen LogP) is 3.22. The Labute approximate surface area is 187 Å². The Hall–Kier alpha value is -4.46. The molecule has 4 rings (SSSR count). The molecule has 1 amide bonds. The van der Waals surface area contributed by atoms with E-state index in [2.05, 4.69) is 9.97 Å². The van der Waals surface area contributed by atoms with Gasteiger partial charge in [-0.25, -0.2) is 14.0 Å². The van der Waals surface area contributed by atoms with Crippen molar-refractivity contribution < 1.29 is 23.8 Å². The van der Waals surface area contributed by atoms with E-state index in [1.165, 1.54) is 22.9 Å². The summed E-state index contributed by atoms with van der Waals surface area (Å²) in [6.07, 6.45) is 0.220. The van der Waals surface area contributed by atoms with Gasteiger partial charge in [-0.1, -0.05) is 0 Å². The molecular weight excluding hydrogens is 433 g/mol. The van der Waals surface area contributed by atoms with E-state index in [1.54, 1.807) is 26.0 Å². The van der Waals surface area contributed by atoms with E-state index in [9.17, 15) is 24.3 Å². The molecule has 11 heteroatoms. The number of carbonyl (C=O) groups is 1. The third kappa shape index (κ3) is 4.31. The fourth-order valence-corrected chi connectivity index (χ4v) is 3.49. The molecule has 1 atom stereocenters. The molecule has 0 aliphatic carbocycles. The SMILES string of the molecule is Cc1ccc(Oc2c(F)cc(COc3cc4n(c(=O)n3)CC(C)N4C(=O)O)cc2C#N)cn1.